The van der Waals surface area contributed by atoms with Crippen LogP contribution in [0.15, 0.2) is 48.6 Å². The molecule has 0 amide bonds. The van der Waals surface area contributed by atoms with Gasteiger partial charge in [-0.15, -0.1) is 0 Å². The first-order valence-electron chi connectivity index (χ1n) is 7.65. The first-order chi connectivity index (χ1) is 9.86. The first kappa shape index (κ1) is 16.9. The van der Waals surface area contributed by atoms with Gasteiger partial charge in [0.1, 0.15) is 0 Å². The zero-order valence-electron chi connectivity index (χ0n) is 12.8. The van der Waals surface area contributed by atoms with Gasteiger partial charge in [-0.3, -0.25) is 0 Å². The van der Waals surface area contributed by atoms with Crippen LogP contribution in [0.3, 0.4) is 0 Å². The van der Waals surface area contributed by atoms with Gasteiger partial charge in [-0.2, -0.15) is 0 Å². The van der Waals surface area contributed by atoms with E-state index >= 15 is 0 Å². The van der Waals surface area contributed by atoms with Crippen molar-refractivity contribution in [2.24, 2.45) is 0 Å². The molecule has 2 heteroatoms. The highest BCUT2D eigenvalue weighted by molar-refractivity contribution is 5.01. The topological polar surface area (TPSA) is 18.5 Å². The summed E-state index contributed by atoms with van der Waals surface area (Å²) in [5.41, 5.74) is 0. The summed E-state index contributed by atoms with van der Waals surface area (Å²) in [4.78, 5) is 0. The molecular formula is C18H28O2. The summed E-state index contributed by atoms with van der Waals surface area (Å²) >= 11 is 0. The molecule has 1 rings (SSSR count). The summed E-state index contributed by atoms with van der Waals surface area (Å²) in [5.74, 6) is 0. The molecule has 1 saturated carbocycles. The van der Waals surface area contributed by atoms with E-state index in [0.717, 1.165) is 25.7 Å². The molecule has 0 aromatic heterocycles. The Kier molecular flexibility index (Phi) is 9.89. The minimum absolute atomic E-state index is 0.406. The zero-order chi connectivity index (χ0) is 14.5. The van der Waals surface area contributed by atoms with Crippen LogP contribution in [0.4, 0.5) is 0 Å². The van der Waals surface area contributed by atoms with Crippen LogP contribution >= 0.6 is 0 Å². The Hall–Kier alpha value is -1.12. The van der Waals surface area contributed by atoms with E-state index in [1.165, 1.54) is 0 Å². The van der Waals surface area contributed by atoms with Crippen LogP contribution in [0.1, 0.15) is 39.5 Å². The van der Waals surface area contributed by atoms with Crippen LogP contribution in [-0.2, 0) is 9.47 Å². The second kappa shape index (κ2) is 11.7. The van der Waals surface area contributed by atoms with E-state index in [9.17, 15) is 0 Å². The number of rotatable bonds is 8. The largest absolute Gasteiger partial charge is 0.374 e. The second-order valence-corrected chi connectivity index (χ2v) is 4.97. The van der Waals surface area contributed by atoms with Gasteiger partial charge in [-0.25, -0.2) is 0 Å². The van der Waals surface area contributed by atoms with Gasteiger partial charge in [0.05, 0.1) is 25.4 Å². The maximum Gasteiger partial charge on any atom is 0.0654 e. The van der Waals surface area contributed by atoms with E-state index in [1.54, 1.807) is 0 Å². The van der Waals surface area contributed by atoms with E-state index in [4.69, 9.17) is 9.47 Å². The molecular weight excluding hydrogens is 248 g/mol. The van der Waals surface area contributed by atoms with E-state index in [2.05, 4.69) is 12.2 Å². The van der Waals surface area contributed by atoms with Gasteiger partial charge in [0.15, 0.2) is 0 Å². The highest BCUT2D eigenvalue weighted by Crippen LogP contribution is 2.23. The highest BCUT2D eigenvalue weighted by atomic mass is 16.5. The molecule has 0 heterocycles. The normalized spacial score (nSPS) is 24.7. The fourth-order valence-corrected chi connectivity index (χ4v) is 2.24. The predicted octanol–water partition coefficient (Wildman–Crippen LogP) is 4.60. The number of hydrogen-bond donors (Lipinski definition) is 0. The predicted molar refractivity (Wildman–Crippen MR) is 85.9 cm³/mol. The smallest absolute Gasteiger partial charge is 0.0654 e. The van der Waals surface area contributed by atoms with Crippen LogP contribution in [0.2, 0.25) is 0 Å². The highest BCUT2D eigenvalue weighted by Gasteiger charge is 2.21. The van der Waals surface area contributed by atoms with E-state index < -0.39 is 0 Å². The fraction of sp³-hybridized carbons (Fsp3) is 0.556. The average molecular weight is 276 g/mol. The lowest BCUT2D eigenvalue weighted by Gasteiger charge is -2.28. The molecule has 0 unspecified atom stereocenters. The van der Waals surface area contributed by atoms with Crippen LogP contribution in [0.5, 0.6) is 0 Å². The molecule has 0 spiro atoms. The van der Waals surface area contributed by atoms with Gasteiger partial charge >= 0.3 is 0 Å². The minimum atomic E-state index is 0.406. The number of hydrogen-bond acceptors (Lipinski definition) is 2. The van der Waals surface area contributed by atoms with Crippen molar-refractivity contribution in [1.29, 1.82) is 0 Å². The Bertz CT molecular complexity index is 297. The Morgan fingerprint density at radius 1 is 0.700 bits per heavy atom. The molecule has 0 aliphatic heterocycles. The SMILES string of the molecule is C/C=C/C=C/COC1CCC(OC/C=C/C=C/C)CC1. The standard InChI is InChI=1S/C18H28O2/c1-3-5-7-9-15-19-17-11-13-18(14-12-17)20-16-10-8-6-4-2/h3-10,17-18H,11-16H2,1-2H3/b5-3+,6-4+,9-7+,10-8+. The molecule has 1 aliphatic rings. The second-order valence-electron chi connectivity index (χ2n) is 4.97. The summed E-state index contributed by atoms with van der Waals surface area (Å²) in [6.07, 6.45) is 21.5. The average Bonchev–Trinajstić information content (AvgIpc) is 2.48. The van der Waals surface area contributed by atoms with Crippen molar-refractivity contribution >= 4 is 0 Å². The van der Waals surface area contributed by atoms with Crippen molar-refractivity contribution in [3.8, 4) is 0 Å². The van der Waals surface area contributed by atoms with Crippen molar-refractivity contribution in [2.75, 3.05) is 13.2 Å². The van der Waals surface area contributed by atoms with E-state index in [-0.39, 0.29) is 0 Å². The monoisotopic (exact) mass is 276 g/mol. The Labute approximate surface area is 123 Å². The Balaban J connectivity index is 2.07. The molecule has 0 aromatic carbocycles. The van der Waals surface area contributed by atoms with Crippen LogP contribution in [-0.4, -0.2) is 25.4 Å². The van der Waals surface area contributed by atoms with Crippen LogP contribution in [0, 0.1) is 0 Å². The molecule has 112 valence electrons. The lowest BCUT2D eigenvalue weighted by molar-refractivity contribution is -0.0163. The number of allylic oxidation sites excluding steroid dienone is 6. The lowest BCUT2D eigenvalue weighted by atomic mass is 9.95. The van der Waals surface area contributed by atoms with Gasteiger partial charge in [0, 0.05) is 0 Å². The summed E-state index contributed by atoms with van der Waals surface area (Å²) in [6, 6.07) is 0. The van der Waals surface area contributed by atoms with Crippen molar-refractivity contribution in [2.45, 2.75) is 51.7 Å². The third kappa shape index (κ3) is 8.13. The summed E-state index contributed by atoms with van der Waals surface area (Å²) in [5, 5.41) is 0. The third-order valence-electron chi connectivity index (χ3n) is 3.36. The summed E-state index contributed by atoms with van der Waals surface area (Å²) in [6.45, 7) is 5.46. The van der Waals surface area contributed by atoms with E-state index in [1.807, 2.05) is 50.3 Å². The van der Waals surface area contributed by atoms with Crippen molar-refractivity contribution in [3.63, 3.8) is 0 Å². The lowest BCUT2D eigenvalue weighted by Crippen LogP contribution is -2.26. The van der Waals surface area contributed by atoms with Gasteiger partial charge in [0.2, 0.25) is 0 Å². The number of ether oxygens (including phenoxy) is 2. The van der Waals surface area contributed by atoms with Crippen LogP contribution in [0.25, 0.3) is 0 Å². The summed E-state index contributed by atoms with van der Waals surface area (Å²) in [7, 11) is 0. The van der Waals surface area contributed by atoms with Crippen molar-refractivity contribution in [1.82, 2.24) is 0 Å². The van der Waals surface area contributed by atoms with Crippen molar-refractivity contribution < 1.29 is 9.47 Å². The Morgan fingerprint density at radius 3 is 1.45 bits per heavy atom. The molecule has 0 aromatic rings. The zero-order valence-corrected chi connectivity index (χ0v) is 12.8. The van der Waals surface area contributed by atoms with Crippen LogP contribution < -0.4 is 0 Å². The molecule has 0 radical (unpaired) electrons. The first-order valence-corrected chi connectivity index (χ1v) is 7.65. The maximum atomic E-state index is 5.84. The molecule has 20 heavy (non-hydrogen) atoms. The molecule has 1 fully saturated rings. The third-order valence-corrected chi connectivity index (χ3v) is 3.36. The van der Waals surface area contributed by atoms with Gasteiger partial charge < -0.3 is 9.47 Å². The summed E-state index contributed by atoms with van der Waals surface area (Å²) < 4.78 is 11.7. The maximum absolute atomic E-state index is 5.84. The quantitative estimate of drug-likeness (QED) is 0.603. The molecule has 0 saturated heterocycles. The fourth-order valence-electron chi connectivity index (χ4n) is 2.24. The van der Waals surface area contributed by atoms with Crippen molar-refractivity contribution in [3.05, 3.63) is 48.6 Å². The molecule has 1 aliphatic carbocycles. The van der Waals surface area contributed by atoms with Gasteiger partial charge in [0.25, 0.3) is 0 Å². The molecule has 0 N–H and O–H groups in total. The van der Waals surface area contributed by atoms with E-state index in [0.29, 0.717) is 25.4 Å². The van der Waals surface area contributed by atoms with Gasteiger partial charge in [-0.1, -0.05) is 48.6 Å². The molecule has 2 nitrogen and oxygen atoms in total. The molecule has 0 bridgehead atoms. The Morgan fingerprint density at radius 2 is 1.10 bits per heavy atom. The van der Waals surface area contributed by atoms with Gasteiger partial charge in [-0.05, 0) is 39.5 Å². The minimum Gasteiger partial charge on any atom is -0.374 e. The molecule has 0 atom stereocenters.